The SMILES string of the molecule is [2H]C([2H])([2H])c1nc2ccccc2s1. The maximum atomic E-state index is 7.19. The van der Waals surface area contributed by atoms with E-state index in [0.29, 0.717) is 0 Å². The summed E-state index contributed by atoms with van der Waals surface area (Å²) in [5, 5.41) is 0.216. The molecule has 1 nitrogen and oxygen atoms in total. The van der Waals surface area contributed by atoms with E-state index in [0.717, 1.165) is 10.2 Å². The number of hydrogen-bond acceptors (Lipinski definition) is 2. The number of thiazole rings is 1. The highest BCUT2D eigenvalue weighted by molar-refractivity contribution is 7.18. The molecule has 1 aromatic carbocycles. The van der Waals surface area contributed by atoms with Crippen molar-refractivity contribution in [3.63, 3.8) is 0 Å². The highest BCUT2D eigenvalue weighted by atomic mass is 32.1. The minimum absolute atomic E-state index is 0.216. The molecule has 0 saturated heterocycles. The summed E-state index contributed by atoms with van der Waals surface area (Å²) in [6.45, 7) is -2.08. The molecular weight excluding hydrogens is 142 g/mol. The van der Waals surface area contributed by atoms with E-state index in [9.17, 15) is 0 Å². The number of nitrogens with zero attached hydrogens (tertiary/aromatic N) is 1. The van der Waals surface area contributed by atoms with Crippen LogP contribution in [0.1, 0.15) is 9.12 Å². The molecule has 0 aliphatic heterocycles. The number of rotatable bonds is 0. The van der Waals surface area contributed by atoms with Gasteiger partial charge in [-0.25, -0.2) is 4.98 Å². The number of hydrogen-bond donors (Lipinski definition) is 0. The van der Waals surface area contributed by atoms with Crippen molar-refractivity contribution in [1.82, 2.24) is 4.98 Å². The average Bonchev–Trinajstić information content (AvgIpc) is 2.45. The highest BCUT2D eigenvalue weighted by Gasteiger charge is 1.95. The van der Waals surface area contributed by atoms with Crippen molar-refractivity contribution < 1.29 is 4.11 Å². The third-order valence-corrected chi connectivity index (χ3v) is 2.14. The lowest BCUT2D eigenvalue weighted by molar-refractivity contribution is 1.35. The molecule has 0 aliphatic rings. The van der Waals surface area contributed by atoms with E-state index >= 15 is 0 Å². The van der Waals surface area contributed by atoms with Gasteiger partial charge in [0.05, 0.1) is 15.2 Å². The van der Waals surface area contributed by atoms with E-state index < -0.39 is 6.85 Å². The van der Waals surface area contributed by atoms with Crippen molar-refractivity contribution in [2.24, 2.45) is 0 Å². The number of fused-ring (bicyclic) bond motifs is 1. The molecule has 0 bridgehead atoms. The maximum Gasteiger partial charge on any atom is 0.0907 e. The molecule has 0 radical (unpaired) electrons. The summed E-state index contributed by atoms with van der Waals surface area (Å²) >= 11 is 1.23. The fourth-order valence-corrected chi connectivity index (χ4v) is 1.59. The Morgan fingerprint density at radius 1 is 1.50 bits per heavy atom. The van der Waals surface area contributed by atoms with Crippen molar-refractivity contribution in [2.75, 3.05) is 0 Å². The van der Waals surface area contributed by atoms with Crippen LogP contribution in [0.25, 0.3) is 10.2 Å². The molecule has 1 heterocycles. The van der Waals surface area contributed by atoms with Crippen molar-refractivity contribution in [2.45, 2.75) is 6.85 Å². The first kappa shape index (κ1) is 3.49. The second-order valence-electron chi connectivity index (χ2n) is 1.99. The third-order valence-electron chi connectivity index (χ3n) is 1.29. The minimum atomic E-state index is -2.08. The summed E-state index contributed by atoms with van der Waals surface area (Å²) < 4.78 is 22.5. The van der Waals surface area contributed by atoms with E-state index in [1.807, 2.05) is 24.3 Å². The lowest BCUT2D eigenvalue weighted by Gasteiger charge is -1.80. The van der Waals surface area contributed by atoms with E-state index in [2.05, 4.69) is 4.98 Å². The molecule has 0 atom stereocenters. The number of aromatic nitrogens is 1. The summed E-state index contributed by atoms with van der Waals surface area (Å²) in [5.74, 6) is 0. The van der Waals surface area contributed by atoms with Gasteiger partial charge in [-0.3, -0.25) is 0 Å². The van der Waals surface area contributed by atoms with Gasteiger partial charge in [0.1, 0.15) is 0 Å². The van der Waals surface area contributed by atoms with Crippen LogP contribution in [0, 0.1) is 6.85 Å². The van der Waals surface area contributed by atoms with Crippen LogP contribution in [-0.4, -0.2) is 4.98 Å². The van der Waals surface area contributed by atoms with Crippen LogP contribution in [0.3, 0.4) is 0 Å². The molecule has 0 N–H and O–H groups in total. The van der Waals surface area contributed by atoms with Gasteiger partial charge in [-0.05, 0) is 19.0 Å². The zero-order valence-electron chi connectivity index (χ0n) is 8.16. The van der Waals surface area contributed by atoms with Crippen LogP contribution >= 0.6 is 11.3 Å². The molecule has 0 saturated carbocycles. The Balaban J connectivity index is 2.63. The van der Waals surface area contributed by atoms with E-state index in [-0.39, 0.29) is 5.01 Å². The second kappa shape index (κ2) is 2.06. The Bertz CT molecular complexity index is 399. The van der Waals surface area contributed by atoms with Gasteiger partial charge in [0, 0.05) is 4.11 Å². The lowest BCUT2D eigenvalue weighted by Crippen LogP contribution is -1.65. The summed E-state index contributed by atoms with van der Waals surface area (Å²) in [5.41, 5.74) is 0.763. The molecule has 2 aromatic rings. The summed E-state index contributed by atoms with van der Waals surface area (Å²) in [7, 11) is 0. The number of aryl methyl sites for hydroxylation is 1. The van der Waals surface area contributed by atoms with Gasteiger partial charge in [0.15, 0.2) is 0 Å². The number of para-hydroxylation sites is 1. The Morgan fingerprint density at radius 2 is 2.40 bits per heavy atom. The first-order valence-electron chi connectivity index (χ1n) is 4.43. The first-order valence-corrected chi connectivity index (χ1v) is 3.75. The van der Waals surface area contributed by atoms with Crippen LogP contribution in [0.5, 0.6) is 0 Å². The van der Waals surface area contributed by atoms with Gasteiger partial charge in [-0.1, -0.05) is 12.1 Å². The quantitative estimate of drug-likeness (QED) is 0.565. The van der Waals surface area contributed by atoms with Gasteiger partial charge in [0.2, 0.25) is 0 Å². The Labute approximate surface area is 67.6 Å². The van der Waals surface area contributed by atoms with E-state index in [4.69, 9.17) is 4.11 Å². The molecule has 2 rings (SSSR count). The Hall–Kier alpha value is -0.890. The normalized spacial score (nSPS) is 16.2. The van der Waals surface area contributed by atoms with Crippen LogP contribution in [0.4, 0.5) is 0 Å². The van der Waals surface area contributed by atoms with Gasteiger partial charge in [-0.2, -0.15) is 0 Å². The van der Waals surface area contributed by atoms with Crippen LogP contribution in [0.15, 0.2) is 24.3 Å². The van der Waals surface area contributed by atoms with Gasteiger partial charge in [-0.15, -0.1) is 11.3 Å². The predicted molar refractivity (Wildman–Crippen MR) is 44.4 cm³/mol. The number of benzene rings is 1. The molecule has 0 fully saturated rings. The molecule has 1 aromatic heterocycles. The molecule has 0 spiro atoms. The summed E-state index contributed by atoms with van der Waals surface area (Å²) in [4.78, 5) is 4.04. The van der Waals surface area contributed by atoms with Gasteiger partial charge < -0.3 is 0 Å². The average molecular weight is 152 g/mol. The molecule has 50 valence electrons. The zero-order valence-corrected chi connectivity index (χ0v) is 5.98. The standard InChI is InChI=1S/C8H7NS/c1-6-9-7-4-2-3-5-8(7)10-6/h2-5H,1H3/i1D3. The molecule has 2 heteroatoms. The zero-order chi connectivity index (χ0) is 9.47. The van der Waals surface area contributed by atoms with Gasteiger partial charge >= 0.3 is 0 Å². The van der Waals surface area contributed by atoms with Crippen molar-refractivity contribution in [3.8, 4) is 0 Å². The van der Waals surface area contributed by atoms with Crippen LogP contribution in [-0.2, 0) is 0 Å². The fourth-order valence-electron chi connectivity index (χ4n) is 0.872. The smallest absolute Gasteiger partial charge is 0.0907 e. The van der Waals surface area contributed by atoms with Crippen molar-refractivity contribution >= 4 is 21.6 Å². The van der Waals surface area contributed by atoms with Crippen LogP contribution < -0.4 is 0 Å². The van der Waals surface area contributed by atoms with E-state index in [1.165, 1.54) is 11.3 Å². The highest BCUT2D eigenvalue weighted by Crippen LogP contribution is 2.19. The largest absolute Gasteiger partial charge is 0.242 e. The third kappa shape index (κ3) is 0.809. The fraction of sp³-hybridized carbons (Fsp3) is 0.125. The van der Waals surface area contributed by atoms with Crippen molar-refractivity contribution in [3.05, 3.63) is 29.3 Å². The summed E-state index contributed by atoms with van der Waals surface area (Å²) in [6, 6.07) is 7.43. The topological polar surface area (TPSA) is 12.9 Å². The van der Waals surface area contributed by atoms with Gasteiger partial charge in [0.25, 0.3) is 0 Å². The maximum absolute atomic E-state index is 7.19. The lowest BCUT2D eigenvalue weighted by atomic mass is 10.3. The predicted octanol–water partition coefficient (Wildman–Crippen LogP) is 2.60. The van der Waals surface area contributed by atoms with Crippen LogP contribution in [0.2, 0.25) is 0 Å². The van der Waals surface area contributed by atoms with Crippen molar-refractivity contribution in [1.29, 1.82) is 0 Å². The first-order chi connectivity index (χ1) is 6.07. The monoisotopic (exact) mass is 152 g/mol. The molecule has 0 aliphatic carbocycles. The molecule has 10 heavy (non-hydrogen) atoms. The molecule has 0 amide bonds. The Morgan fingerprint density at radius 3 is 3.20 bits per heavy atom. The summed E-state index contributed by atoms with van der Waals surface area (Å²) in [6.07, 6.45) is 0. The molecular formula is C8H7NS. The second-order valence-corrected chi connectivity index (χ2v) is 3.02. The molecule has 0 unspecified atom stereocenters. The Kier molecular flexibility index (Phi) is 0.718. The van der Waals surface area contributed by atoms with E-state index in [1.54, 1.807) is 0 Å². The minimum Gasteiger partial charge on any atom is -0.242 e.